The Morgan fingerprint density at radius 1 is 1.04 bits per heavy atom. The van der Waals surface area contributed by atoms with Crippen LogP contribution in [0.25, 0.3) is 0 Å². The molecule has 2 aliphatic heterocycles. The van der Waals surface area contributed by atoms with E-state index >= 15 is 0 Å². The third kappa shape index (κ3) is 4.19. The van der Waals surface area contributed by atoms with Crippen molar-refractivity contribution in [1.29, 1.82) is 0 Å². The number of halogens is 3. The largest absolute Gasteiger partial charge is 0.393 e. The van der Waals surface area contributed by atoms with Crippen LogP contribution in [0.5, 0.6) is 0 Å². The molecule has 1 amide bonds. The lowest BCUT2D eigenvalue weighted by atomic mass is 9.91. The van der Waals surface area contributed by atoms with Crippen LogP contribution < -0.4 is 4.90 Å². The molecule has 0 radical (unpaired) electrons. The van der Waals surface area contributed by atoms with Gasteiger partial charge < -0.3 is 9.80 Å². The first-order valence-electron chi connectivity index (χ1n) is 9.04. The van der Waals surface area contributed by atoms with Crippen molar-refractivity contribution in [2.45, 2.75) is 31.9 Å². The van der Waals surface area contributed by atoms with Gasteiger partial charge in [-0.15, -0.1) is 0 Å². The Morgan fingerprint density at radius 2 is 1.69 bits per heavy atom. The van der Waals surface area contributed by atoms with Gasteiger partial charge in [0.05, 0.1) is 5.92 Å². The van der Waals surface area contributed by atoms with Gasteiger partial charge in [-0.05, 0) is 49.9 Å². The van der Waals surface area contributed by atoms with Gasteiger partial charge in [-0.3, -0.25) is 9.59 Å². The van der Waals surface area contributed by atoms with Crippen LogP contribution in [0, 0.1) is 11.8 Å². The molecular formula is C19H23F3N2O2. The van der Waals surface area contributed by atoms with Crippen molar-refractivity contribution in [2.75, 3.05) is 31.1 Å². The van der Waals surface area contributed by atoms with Gasteiger partial charge in [-0.25, -0.2) is 0 Å². The first-order chi connectivity index (χ1) is 12.4. The number of amides is 1. The molecule has 0 aliphatic carbocycles. The summed E-state index contributed by atoms with van der Waals surface area (Å²) in [5, 5.41) is 0. The average molecular weight is 368 g/mol. The minimum Gasteiger partial charge on any atom is -0.371 e. The van der Waals surface area contributed by atoms with Crippen LogP contribution >= 0.6 is 0 Å². The molecule has 7 heteroatoms. The Kier molecular flexibility index (Phi) is 5.53. The fourth-order valence-corrected chi connectivity index (χ4v) is 3.85. The summed E-state index contributed by atoms with van der Waals surface area (Å²) in [5.41, 5.74) is 1.61. The van der Waals surface area contributed by atoms with Crippen LogP contribution in [0.3, 0.4) is 0 Å². The number of piperidine rings is 2. The summed E-state index contributed by atoms with van der Waals surface area (Å²) in [6, 6.07) is 7.27. The van der Waals surface area contributed by atoms with Gasteiger partial charge in [0.1, 0.15) is 6.29 Å². The molecule has 3 rings (SSSR count). The maximum atomic E-state index is 12.9. The molecule has 2 fully saturated rings. The third-order valence-corrected chi connectivity index (χ3v) is 5.43. The number of hydrogen-bond acceptors (Lipinski definition) is 3. The van der Waals surface area contributed by atoms with Crippen molar-refractivity contribution in [1.82, 2.24) is 4.90 Å². The van der Waals surface area contributed by atoms with E-state index in [1.807, 2.05) is 12.1 Å². The summed E-state index contributed by atoms with van der Waals surface area (Å²) in [7, 11) is 0. The molecule has 1 aromatic carbocycles. The van der Waals surface area contributed by atoms with Crippen molar-refractivity contribution in [2.24, 2.45) is 11.8 Å². The lowest BCUT2D eigenvalue weighted by molar-refractivity contribution is -0.188. The zero-order valence-electron chi connectivity index (χ0n) is 14.5. The number of carbonyl (C=O) groups excluding carboxylic acids is 2. The molecule has 0 unspecified atom stereocenters. The summed E-state index contributed by atoms with van der Waals surface area (Å²) in [6.07, 6.45) is -1.62. The SMILES string of the molecule is O=Cc1ccc(N2CCC(C(=O)N3CCC[C@H](C(F)(F)F)C3)CC2)cc1. The van der Waals surface area contributed by atoms with Crippen LogP contribution in [-0.4, -0.2) is 49.4 Å². The standard InChI is InChI=1S/C19H23F3N2O2/c20-19(21,22)16-2-1-9-24(12-16)18(26)15-7-10-23(11-8-15)17-5-3-14(13-25)4-6-17/h3-6,13,15-16H,1-2,7-12H2/t16-/m0/s1. The quantitative estimate of drug-likeness (QED) is 0.767. The second-order valence-corrected chi connectivity index (χ2v) is 7.14. The van der Waals surface area contributed by atoms with E-state index in [0.717, 1.165) is 12.0 Å². The van der Waals surface area contributed by atoms with E-state index < -0.39 is 12.1 Å². The second kappa shape index (κ2) is 7.68. The molecule has 0 bridgehead atoms. The van der Waals surface area contributed by atoms with Gasteiger partial charge in [-0.1, -0.05) is 0 Å². The Bertz CT molecular complexity index is 637. The lowest BCUT2D eigenvalue weighted by Crippen LogP contribution is -2.48. The highest BCUT2D eigenvalue weighted by molar-refractivity contribution is 5.79. The van der Waals surface area contributed by atoms with Gasteiger partial charge in [0.15, 0.2) is 0 Å². The molecule has 4 nitrogen and oxygen atoms in total. The second-order valence-electron chi connectivity index (χ2n) is 7.14. The van der Waals surface area contributed by atoms with Crippen LogP contribution in [0.1, 0.15) is 36.0 Å². The lowest BCUT2D eigenvalue weighted by Gasteiger charge is -2.38. The van der Waals surface area contributed by atoms with Gasteiger partial charge in [-0.2, -0.15) is 13.2 Å². The number of nitrogens with zero attached hydrogens (tertiary/aromatic N) is 2. The number of anilines is 1. The fraction of sp³-hybridized carbons (Fsp3) is 0.579. The zero-order valence-corrected chi connectivity index (χ0v) is 14.5. The van der Waals surface area contributed by atoms with E-state index in [0.29, 0.717) is 44.5 Å². The first kappa shape index (κ1) is 18.7. The average Bonchev–Trinajstić information content (AvgIpc) is 2.67. The molecule has 2 heterocycles. The van der Waals surface area contributed by atoms with Gasteiger partial charge in [0.25, 0.3) is 0 Å². The minimum atomic E-state index is -4.23. The molecule has 2 saturated heterocycles. The molecule has 0 spiro atoms. The molecule has 1 aromatic rings. The molecule has 0 aromatic heterocycles. The third-order valence-electron chi connectivity index (χ3n) is 5.43. The Balaban J connectivity index is 1.55. The molecule has 1 atom stereocenters. The number of rotatable bonds is 3. The number of carbonyl (C=O) groups is 2. The summed E-state index contributed by atoms with van der Waals surface area (Å²) >= 11 is 0. The predicted octanol–water partition coefficient (Wildman–Crippen LogP) is 3.52. The van der Waals surface area contributed by atoms with Crippen molar-refractivity contribution < 1.29 is 22.8 Å². The number of aldehydes is 1. The van der Waals surface area contributed by atoms with Crippen LogP contribution in [-0.2, 0) is 4.79 Å². The number of alkyl halides is 3. The fourth-order valence-electron chi connectivity index (χ4n) is 3.85. The van der Waals surface area contributed by atoms with E-state index in [1.165, 1.54) is 4.90 Å². The topological polar surface area (TPSA) is 40.6 Å². The predicted molar refractivity (Wildman–Crippen MR) is 92.1 cm³/mol. The normalized spacial score (nSPS) is 22.3. The summed E-state index contributed by atoms with van der Waals surface area (Å²) in [4.78, 5) is 26.9. The van der Waals surface area contributed by atoms with Crippen molar-refractivity contribution >= 4 is 17.9 Å². The van der Waals surface area contributed by atoms with E-state index in [4.69, 9.17) is 0 Å². The molecule has 26 heavy (non-hydrogen) atoms. The van der Waals surface area contributed by atoms with Crippen molar-refractivity contribution in [3.63, 3.8) is 0 Å². The van der Waals surface area contributed by atoms with Gasteiger partial charge in [0.2, 0.25) is 5.91 Å². The van der Waals surface area contributed by atoms with Crippen LogP contribution in [0.15, 0.2) is 24.3 Å². The highest BCUT2D eigenvalue weighted by Crippen LogP contribution is 2.34. The number of likely N-dealkylation sites (tertiary alicyclic amines) is 1. The maximum Gasteiger partial charge on any atom is 0.393 e. The zero-order chi connectivity index (χ0) is 18.7. The van der Waals surface area contributed by atoms with Crippen molar-refractivity contribution in [3.8, 4) is 0 Å². The molecule has 142 valence electrons. The smallest absolute Gasteiger partial charge is 0.371 e. The molecule has 0 N–H and O–H groups in total. The van der Waals surface area contributed by atoms with Gasteiger partial charge >= 0.3 is 6.18 Å². The minimum absolute atomic E-state index is 0.114. The van der Waals surface area contributed by atoms with E-state index in [-0.39, 0.29) is 24.8 Å². The number of hydrogen-bond donors (Lipinski definition) is 0. The summed E-state index contributed by atoms with van der Waals surface area (Å²) in [6.45, 7) is 1.61. The van der Waals surface area contributed by atoms with Crippen LogP contribution in [0.2, 0.25) is 0 Å². The first-order valence-corrected chi connectivity index (χ1v) is 9.04. The Hall–Kier alpha value is -2.05. The Labute approximate surface area is 151 Å². The van der Waals surface area contributed by atoms with E-state index in [9.17, 15) is 22.8 Å². The van der Waals surface area contributed by atoms with E-state index in [1.54, 1.807) is 12.1 Å². The monoisotopic (exact) mass is 368 g/mol. The van der Waals surface area contributed by atoms with Crippen LogP contribution in [0.4, 0.5) is 18.9 Å². The highest BCUT2D eigenvalue weighted by atomic mass is 19.4. The number of benzene rings is 1. The maximum absolute atomic E-state index is 12.9. The van der Waals surface area contributed by atoms with Gasteiger partial charge in [0, 0.05) is 43.3 Å². The molecule has 0 saturated carbocycles. The highest BCUT2D eigenvalue weighted by Gasteiger charge is 2.43. The Morgan fingerprint density at radius 3 is 2.27 bits per heavy atom. The summed E-state index contributed by atoms with van der Waals surface area (Å²) < 4.78 is 38.8. The molecule has 2 aliphatic rings. The summed E-state index contributed by atoms with van der Waals surface area (Å²) in [5.74, 6) is -1.72. The van der Waals surface area contributed by atoms with Crippen molar-refractivity contribution in [3.05, 3.63) is 29.8 Å². The molecular weight excluding hydrogens is 345 g/mol. The van der Waals surface area contributed by atoms with E-state index in [2.05, 4.69) is 4.90 Å².